The minimum Gasteiger partial charge on any atom is -0.256 e. The number of rotatable bonds is 4. The first-order valence-electron chi connectivity index (χ1n) is 7.78. The topological polar surface area (TPSA) is 12.9 Å². The maximum atomic E-state index is 4.48. The van der Waals surface area contributed by atoms with Gasteiger partial charge >= 0.3 is 0 Å². The maximum Gasteiger partial charge on any atom is 0.0702 e. The Kier molecular flexibility index (Phi) is 4.34. The van der Waals surface area contributed by atoms with Crippen molar-refractivity contribution in [1.29, 1.82) is 0 Å². The Balaban J connectivity index is 1.66. The van der Waals surface area contributed by atoms with Crippen molar-refractivity contribution >= 4 is 0 Å². The lowest BCUT2D eigenvalue weighted by atomic mass is 10.0. The zero-order chi connectivity index (χ0) is 15.4. The highest BCUT2D eigenvalue weighted by Gasteiger charge is 2.00. The standard InChI is InChI=1S/C21H21N/c1-16-3-6-18(7-4-16)8-9-19-10-12-20(13-11-19)21-14-5-17(2)15-22-21/h3-7,10-15H,8-9H2,1-2H3. The van der Waals surface area contributed by atoms with E-state index in [-0.39, 0.29) is 0 Å². The molecule has 1 heterocycles. The molecule has 0 amide bonds. The van der Waals surface area contributed by atoms with E-state index in [4.69, 9.17) is 0 Å². The molecule has 1 aromatic heterocycles. The van der Waals surface area contributed by atoms with Crippen LogP contribution in [0.2, 0.25) is 0 Å². The monoisotopic (exact) mass is 287 g/mol. The molecule has 0 radical (unpaired) electrons. The first kappa shape index (κ1) is 14.5. The van der Waals surface area contributed by atoms with Crippen molar-refractivity contribution in [1.82, 2.24) is 4.98 Å². The van der Waals surface area contributed by atoms with Crippen molar-refractivity contribution in [2.24, 2.45) is 0 Å². The largest absolute Gasteiger partial charge is 0.256 e. The summed E-state index contributed by atoms with van der Waals surface area (Å²) in [6.07, 6.45) is 4.08. The molecular weight excluding hydrogens is 266 g/mol. The average molecular weight is 287 g/mol. The van der Waals surface area contributed by atoms with E-state index >= 15 is 0 Å². The smallest absolute Gasteiger partial charge is 0.0702 e. The number of nitrogens with zero attached hydrogens (tertiary/aromatic N) is 1. The molecule has 0 atom stereocenters. The fraction of sp³-hybridized carbons (Fsp3) is 0.190. The molecule has 1 heteroatoms. The number of hydrogen-bond acceptors (Lipinski definition) is 1. The summed E-state index contributed by atoms with van der Waals surface area (Å²) in [5.41, 5.74) is 7.50. The highest BCUT2D eigenvalue weighted by atomic mass is 14.7. The highest BCUT2D eigenvalue weighted by molar-refractivity contribution is 5.59. The van der Waals surface area contributed by atoms with E-state index in [0.717, 1.165) is 18.5 Å². The van der Waals surface area contributed by atoms with Crippen molar-refractivity contribution in [2.45, 2.75) is 26.7 Å². The molecule has 0 unspecified atom stereocenters. The molecule has 0 bridgehead atoms. The molecule has 0 N–H and O–H groups in total. The van der Waals surface area contributed by atoms with Gasteiger partial charge in [0, 0.05) is 11.8 Å². The SMILES string of the molecule is Cc1ccc(CCc2ccc(-c3ccc(C)cn3)cc2)cc1. The minimum atomic E-state index is 1.04. The lowest BCUT2D eigenvalue weighted by molar-refractivity contribution is 0.959. The number of aryl methyl sites for hydroxylation is 4. The fourth-order valence-corrected chi connectivity index (χ4v) is 2.52. The molecule has 0 aliphatic rings. The summed E-state index contributed by atoms with van der Waals surface area (Å²) < 4.78 is 0. The average Bonchev–Trinajstić information content (AvgIpc) is 2.56. The molecule has 0 aliphatic heterocycles. The highest BCUT2D eigenvalue weighted by Crippen LogP contribution is 2.18. The van der Waals surface area contributed by atoms with Crippen molar-refractivity contribution in [2.75, 3.05) is 0 Å². The Hall–Kier alpha value is -2.41. The first-order chi connectivity index (χ1) is 10.7. The van der Waals surface area contributed by atoms with Crippen LogP contribution in [0, 0.1) is 13.8 Å². The molecule has 3 aromatic rings. The van der Waals surface area contributed by atoms with E-state index in [2.05, 4.69) is 79.5 Å². The van der Waals surface area contributed by atoms with Crippen LogP contribution >= 0.6 is 0 Å². The van der Waals surface area contributed by atoms with Crippen molar-refractivity contribution in [3.63, 3.8) is 0 Å². The Morgan fingerprint density at radius 2 is 1.18 bits per heavy atom. The van der Waals surface area contributed by atoms with Crippen molar-refractivity contribution in [3.8, 4) is 11.3 Å². The van der Waals surface area contributed by atoms with Gasteiger partial charge in [0.15, 0.2) is 0 Å². The summed E-state index contributed by atoms with van der Waals surface area (Å²) >= 11 is 0. The Labute approximate surface area is 132 Å². The van der Waals surface area contributed by atoms with Gasteiger partial charge in [0.25, 0.3) is 0 Å². The van der Waals surface area contributed by atoms with Gasteiger partial charge in [0.1, 0.15) is 0 Å². The van der Waals surface area contributed by atoms with Gasteiger partial charge in [-0.05, 0) is 49.4 Å². The van der Waals surface area contributed by atoms with Gasteiger partial charge in [0.05, 0.1) is 5.69 Å². The zero-order valence-electron chi connectivity index (χ0n) is 13.2. The number of aromatic nitrogens is 1. The van der Waals surface area contributed by atoms with E-state index in [1.807, 2.05) is 6.20 Å². The van der Waals surface area contributed by atoms with E-state index in [1.165, 1.54) is 27.8 Å². The van der Waals surface area contributed by atoms with Gasteiger partial charge in [-0.3, -0.25) is 4.98 Å². The molecule has 3 rings (SSSR count). The summed E-state index contributed by atoms with van der Waals surface area (Å²) in [5.74, 6) is 0. The predicted molar refractivity (Wildman–Crippen MR) is 93.0 cm³/mol. The molecule has 1 nitrogen and oxygen atoms in total. The molecule has 0 aliphatic carbocycles. The fourth-order valence-electron chi connectivity index (χ4n) is 2.52. The van der Waals surface area contributed by atoms with Crippen LogP contribution in [0.3, 0.4) is 0 Å². The Bertz CT molecular complexity index is 722. The second-order valence-corrected chi connectivity index (χ2v) is 5.90. The molecule has 0 fully saturated rings. The maximum absolute atomic E-state index is 4.48. The quantitative estimate of drug-likeness (QED) is 0.646. The van der Waals surface area contributed by atoms with Crippen molar-refractivity contribution in [3.05, 3.63) is 89.1 Å². The molecule has 110 valence electrons. The van der Waals surface area contributed by atoms with Crippen LogP contribution < -0.4 is 0 Å². The second-order valence-electron chi connectivity index (χ2n) is 5.90. The third-order valence-corrected chi connectivity index (χ3v) is 3.98. The van der Waals surface area contributed by atoms with Crippen LogP contribution in [-0.2, 0) is 12.8 Å². The summed E-state index contributed by atoms with van der Waals surface area (Å²) in [4.78, 5) is 4.48. The van der Waals surface area contributed by atoms with E-state index < -0.39 is 0 Å². The third kappa shape index (κ3) is 3.62. The van der Waals surface area contributed by atoms with Crippen LogP contribution in [0.25, 0.3) is 11.3 Å². The third-order valence-electron chi connectivity index (χ3n) is 3.98. The van der Waals surface area contributed by atoms with Gasteiger partial charge in [-0.15, -0.1) is 0 Å². The van der Waals surface area contributed by atoms with Gasteiger partial charge in [-0.2, -0.15) is 0 Å². The number of benzene rings is 2. The molecule has 0 saturated carbocycles. The summed E-state index contributed by atoms with van der Waals surface area (Å²) in [6, 6.07) is 21.8. The van der Waals surface area contributed by atoms with Gasteiger partial charge in [-0.1, -0.05) is 60.2 Å². The lowest BCUT2D eigenvalue weighted by Gasteiger charge is -2.05. The zero-order valence-corrected chi connectivity index (χ0v) is 13.2. The van der Waals surface area contributed by atoms with Gasteiger partial charge < -0.3 is 0 Å². The Morgan fingerprint density at radius 3 is 1.73 bits per heavy atom. The number of hydrogen-bond donors (Lipinski definition) is 0. The van der Waals surface area contributed by atoms with Crippen LogP contribution in [-0.4, -0.2) is 4.98 Å². The van der Waals surface area contributed by atoms with Gasteiger partial charge in [0.2, 0.25) is 0 Å². The van der Waals surface area contributed by atoms with E-state index in [9.17, 15) is 0 Å². The summed E-state index contributed by atoms with van der Waals surface area (Å²) in [5, 5.41) is 0. The van der Waals surface area contributed by atoms with Crippen LogP contribution in [0.5, 0.6) is 0 Å². The molecule has 0 saturated heterocycles. The van der Waals surface area contributed by atoms with Gasteiger partial charge in [-0.25, -0.2) is 0 Å². The van der Waals surface area contributed by atoms with Crippen LogP contribution in [0.15, 0.2) is 66.9 Å². The van der Waals surface area contributed by atoms with Crippen LogP contribution in [0.4, 0.5) is 0 Å². The van der Waals surface area contributed by atoms with Crippen molar-refractivity contribution < 1.29 is 0 Å². The van der Waals surface area contributed by atoms with Crippen LogP contribution in [0.1, 0.15) is 22.3 Å². The molecule has 0 spiro atoms. The van der Waals surface area contributed by atoms with E-state index in [1.54, 1.807) is 0 Å². The Morgan fingerprint density at radius 1 is 0.636 bits per heavy atom. The predicted octanol–water partition coefficient (Wildman–Crippen LogP) is 5.15. The molecular formula is C21H21N. The second kappa shape index (κ2) is 6.57. The molecule has 2 aromatic carbocycles. The first-order valence-corrected chi connectivity index (χ1v) is 7.78. The lowest BCUT2D eigenvalue weighted by Crippen LogP contribution is -1.92. The summed E-state index contributed by atoms with van der Waals surface area (Å²) in [6.45, 7) is 4.19. The normalized spacial score (nSPS) is 10.6. The minimum absolute atomic E-state index is 1.04. The number of pyridine rings is 1. The van der Waals surface area contributed by atoms with E-state index in [0.29, 0.717) is 0 Å². The summed E-state index contributed by atoms with van der Waals surface area (Å²) in [7, 11) is 0. The molecule has 22 heavy (non-hydrogen) atoms.